The van der Waals surface area contributed by atoms with Crippen LogP contribution in [0.5, 0.6) is 0 Å². The molecule has 0 radical (unpaired) electrons. The van der Waals surface area contributed by atoms with E-state index in [0.717, 1.165) is 16.3 Å². The zero-order chi connectivity index (χ0) is 13.7. The first-order chi connectivity index (χ1) is 9.20. The van der Waals surface area contributed by atoms with Crippen LogP contribution in [0.15, 0.2) is 47.6 Å². The van der Waals surface area contributed by atoms with E-state index in [9.17, 15) is 0 Å². The van der Waals surface area contributed by atoms with Gasteiger partial charge in [-0.25, -0.2) is 0 Å². The lowest BCUT2D eigenvalue weighted by atomic mass is 10.0. The van der Waals surface area contributed by atoms with Crippen molar-refractivity contribution >= 4 is 23.5 Å². The van der Waals surface area contributed by atoms with Gasteiger partial charge in [-0.1, -0.05) is 18.5 Å². The molecule has 1 heterocycles. The Kier molecular flexibility index (Phi) is 5.25. The van der Waals surface area contributed by atoms with E-state index >= 15 is 0 Å². The Morgan fingerprint density at radius 1 is 1.26 bits per heavy atom. The Balaban J connectivity index is 2.01. The van der Waals surface area contributed by atoms with E-state index in [1.165, 1.54) is 11.1 Å². The van der Waals surface area contributed by atoms with Crippen LogP contribution in [-0.2, 0) is 6.42 Å². The lowest BCUT2D eigenvalue weighted by Crippen LogP contribution is -2.12. The topological polar surface area (TPSA) is 24.9 Å². The van der Waals surface area contributed by atoms with E-state index in [1.54, 1.807) is 11.9 Å². The van der Waals surface area contributed by atoms with Crippen LogP contribution in [0.25, 0.3) is 0 Å². The normalized spacial score (nSPS) is 12.4. The van der Waals surface area contributed by atoms with Crippen molar-refractivity contribution in [1.29, 1.82) is 0 Å². The quantitative estimate of drug-likeness (QED) is 0.812. The van der Waals surface area contributed by atoms with Gasteiger partial charge >= 0.3 is 0 Å². The summed E-state index contributed by atoms with van der Waals surface area (Å²) >= 11 is 7.50. The molecule has 4 heteroatoms. The number of aromatic nitrogens is 1. The van der Waals surface area contributed by atoms with Crippen LogP contribution in [0.1, 0.15) is 31.0 Å². The van der Waals surface area contributed by atoms with Gasteiger partial charge in [-0.2, -0.15) is 0 Å². The smallest absolute Gasteiger partial charge is 0.0406 e. The minimum absolute atomic E-state index is 0.277. The second kappa shape index (κ2) is 6.94. The molecule has 2 rings (SSSR count). The summed E-state index contributed by atoms with van der Waals surface area (Å²) in [6.07, 6.45) is 4.79. The van der Waals surface area contributed by atoms with Crippen molar-refractivity contribution in [1.82, 2.24) is 9.71 Å². The first-order valence-electron chi connectivity index (χ1n) is 6.31. The molecular formula is C15H17ClN2S. The highest BCUT2D eigenvalue weighted by atomic mass is 35.5. The van der Waals surface area contributed by atoms with Crippen LogP contribution in [0.2, 0.25) is 5.02 Å². The number of pyridine rings is 1. The number of halogens is 1. The van der Waals surface area contributed by atoms with E-state index in [0.29, 0.717) is 0 Å². The van der Waals surface area contributed by atoms with Gasteiger partial charge in [-0.05, 0) is 66.8 Å². The Labute approximate surface area is 123 Å². The van der Waals surface area contributed by atoms with Gasteiger partial charge in [0.1, 0.15) is 0 Å². The van der Waals surface area contributed by atoms with Crippen LogP contribution in [0.4, 0.5) is 0 Å². The lowest BCUT2D eigenvalue weighted by molar-refractivity contribution is 0.739. The van der Waals surface area contributed by atoms with Crippen LogP contribution >= 0.6 is 23.5 Å². The van der Waals surface area contributed by atoms with Gasteiger partial charge in [0.2, 0.25) is 0 Å². The molecular weight excluding hydrogens is 276 g/mol. The maximum atomic E-state index is 5.87. The van der Waals surface area contributed by atoms with Crippen LogP contribution in [0.3, 0.4) is 0 Å². The van der Waals surface area contributed by atoms with E-state index in [1.807, 2.05) is 36.7 Å². The summed E-state index contributed by atoms with van der Waals surface area (Å²) in [5.74, 6) is 0. The zero-order valence-corrected chi connectivity index (χ0v) is 12.6. The van der Waals surface area contributed by atoms with E-state index in [-0.39, 0.29) is 6.04 Å². The molecule has 1 aromatic carbocycles. The van der Waals surface area contributed by atoms with Crippen molar-refractivity contribution < 1.29 is 0 Å². The Morgan fingerprint density at radius 3 is 2.68 bits per heavy atom. The van der Waals surface area contributed by atoms with Gasteiger partial charge in [0.05, 0.1) is 0 Å². The predicted molar refractivity (Wildman–Crippen MR) is 82.5 cm³/mol. The molecule has 0 saturated carbocycles. The molecule has 0 aliphatic heterocycles. The average Bonchev–Trinajstić information content (AvgIpc) is 2.46. The third-order valence-corrected chi connectivity index (χ3v) is 4.19. The van der Waals surface area contributed by atoms with E-state index < -0.39 is 0 Å². The Bertz CT molecular complexity index is 528. The highest BCUT2D eigenvalue weighted by Gasteiger charge is 2.09. The van der Waals surface area contributed by atoms with Crippen molar-refractivity contribution in [2.75, 3.05) is 0 Å². The molecule has 19 heavy (non-hydrogen) atoms. The summed E-state index contributed by atoms with van der Waals surface area (Å²) in [5, 5.41) is 0.764. The SMILES string of the molecule is CCc1cnccc1C(C)NSc1ccc(Cl)cc1. The predicted octanol–water partition coefficient (Wildman–Crippen LogP) is 4.66. The Morgan fingerprint density at radius 2 is 2.00 bits per heavy atom. The second-order valence-electron chi connectivity index (χ2n) is 4.32. The molecule has 0 spiro atoms. The fourth-order valence-corrected chi connectivity index (χ4v) is 2.72. The zero-order valence-electron chi connectivity index (χ0n) is 11.1. The molecule has 0 fully saturated rings. The molecule has 2 nitrogen and oxygen atoms in total. The van der Waals surface area contributed by atoms with Gasteiger partial charge in [0, 0.05) is 28.4 Å². The Hall–Kier alpha value is -1.03. The summed E-state index contributed by atoms with van der Waals surface area (Å²) in [5.41, 5.74) is 2.60. The van der Waals surface area contributed by atoms with Crippen molar-refractivity contribution in [2.24, 2.45) is 0 Å². The maximum Gasteiger partial charge on any atom is 0.0406 e. The van der Waals surface area contributed by atoms with Crippen LogP contribution in [0, 0.1) is 0 Å². The summed E-state index contributed by atoms with van der Waals surface area (Å²) < 4.78 is 3.46. The molecule has 1 atom stereocenters. The second-order valence-corrected chi connectivity index (χ2v) is 5.67. The average molecular weight is 293 g/mol. The van der Waals surface area contributed by atoms with Gasteiger partial charge in [-0.3, -0.25) is 9.71 Å². The van der Waals surface area contributed by atoms with E-state index in [4.69, 9.17) is 11.6 Å². The first-order valence-corrected chi connectivity index (χ1v) is 7.51. The largest absolute Gasteiger partial charge is 0.264 e. The lowest BCUT2D eigenvalue weighted by Gasteiger charge is -2.16. The molecule has 1 aromatic heterocycles. The number of nitrogens with zero attached hydrogens (tertiary/aromatic N) is 1. The van der Waals surface area contributed by atoms with Crippen molar-refractivity contribution in [3.63, 3.8) is 0 Å². The number of hydrogen-bond acceptors (Lipinski definition) is 3. The fraction of sp³-hybridized carbons (Fsp3) is 0.267. The molecule has 2 aromatic rings. The standard InChI is InChI=1S/C15H17ClN2S/c1-3-12-10-17-9-8-15(12)11(2)18-19-14-6-4-13(16)5-7-14/h4-11,18H,3H2,1-2H3. The van der Waals surface area contributed by atoms with Gasteiger partial charge < -0.3 is 0 Å². The molecule has 0 bridgehead atoms. The third-order valence-electron chi connectivity index (χ3n) is 2.96. The van der Waals surface area contributed by atoms with Gasteiger partial charge in [-0.15, -0.1) is 0 Å². The minimum Gasteiger partial charge on any atom is -0.264 e. The van der Waals surface area contributed by atoms with Gasteiger partial charge in [0.15, 0.2) is 0 Å². The monoisotopic (exact) mass is 292 g/mol. The van der Waals surface area contributed by atoms with Gasteiger partial charge in [0.25, 0.3) is 0 Å². The van der Waals surface area contributed by atoms with Crippen LogP contribution < -0.4 is 4.72 Å². The molecule has 0 aliphatic rings. The molecule has 1 N–H and O–H groups in total. The maximum absolute atomic E-state index is 5.87. The molecule has 1 unspecified atom stereocenters. The molecule has 0 saturated heterocycles. The summed E-state index contributed by atoms with van der Waals surface area (Å²) in [7, 11) is 0. The fourth-order valence-electron chi connectivity index (χ4n) is 1.88. The highest BCUT2D eigenvalue weighted by Crippen LogP contribution is 2.24. The van der Waals surface area contributed by atoms with Crippen molar-refractivity contribution in [3.05, 3.63) is 58.9 Å². The summed E-state index contributed by atoms with van der Waals surface area (Å²) in [6, 6.07) is 10.2. The van der Waals surface area contributed by atoms with Crippen LogP contribution in [-0.4, -0.2) is 4.98 Å². The number of benzene rings is 1. The van der Waals surface area contributed by atoms with Crippen molar-refractivity contribution in [3.8, 4) is 0 Å². The molecule has 100 valence electrons. The number of hydrogen-bond donors (Lipinski definition) is 1. The number of rotatable bonds is 5. The minimum atomic E-state index is 0.277. The summed E-state index contributed by atoms with van der Waals surface area (Å²) in [4.78, 5) is 5.33. The molecule has 0 amide bonds. The van der Waals surface area contributed by atoms with E-state index in [2.05, 4.69) is 29.6 Å². The first kappa shape index (κ1) is 14.4. The number of nitrogens with one attached hydrogen (secondary N) is 1. The third kappa shape index (κ3) is 3.96. The number of aryl methyl sites for hydroxylation is 1. The molecule has 0 aliphatic carbocycles. The summed E-state index contributed by atoms with van der Waals surface area (Å²) in [6.45, 7) is 4.32. The highest BCUT2D eigenvalue weighted by molar-refractivity contribution is 7.97. The van der Waals surface area contributed by atoms with Crippen molar-refractivity contribution in [2.45, 2.75) is 31.2 Å².